The molecule has 0 spiro atoms. The van der Waals surface area contributed by atoms with Gasteiger partial charge in [-0.3, -0.25) is 0 Å². The topological polar surface area (TPSA) is 0 Å². The summed E-state index contributed by atoms with van der Waals surface area (Å²) in [6, 6.07) is 11.7. The molecular formula is C24H26. The van der Waals surface area contributed by atoms with Crippen LogP contribution in [0.3, 0.4) is 0 Å². The molecule has 0 bridgehead atoms. The minimum Gasteiger partial charge on any atom is -0.0801 e. The van der Waals surface area contributed by atoms with Crippen molar-refractivity contribution < 1.29 is 0 Å². The number of allylic oxidation sites excluding steroid dienone is 4. The van der Waals surface area contributed by atoms with Crippen LogP contribution in [-0.4, -0.2) is 0 Å². The quantitative estimate of drug-likeness (QED) is 0.504. The third-order valence-electron chi connectivity index (χ3n) is 5.40. The van der Waals surface area contributed by atoms with Crippen molar-refractivity contribution in [3.63, 3.8) is 0 Å². The van der Waals surface area contributed by atoms with Crippen LogP contribution in [0, 0.1) is 0 Å². The zero-order valence-electron chi connectivity index (χ0n) is 14.9. The Hall–Kier alpha value is -2.08. The third-order valence-corrected chi connectivity index (χ3v) is 5.40. The van der Waals surface area contributed by atoms with E-state index in [0.29, 0.717) is 0 Å². The summed E-state index contributed by atoms with van der Waals surface area (Å²) in [5.74, 6) is 0. The van der Waals surface area contributed by atoms with Crippen molar-refractivity contribution in [2.24, 2.45) is 0 Å². The summed E-state index contributed by atoms with van der Waals surface area (Å²) in [4.78, 5) is 0. The van der Waals surface area contributed by atoms with E-state index in [-0.39, 0.29) is 0 Å². The van der Waals surface area contributed by atoms with Gasteiger partial charge >= 0.3 is 0 Å². The molecule has 24 heavy (non-hydrogen) atoms. The van der Waals surface area contributed by atoms with Gasteiger partial charge in [-0.05, 0) is 70.2 Å². The first-order valence-corrected chi connectivity index (χ1v) is 9.45. The minimum absolute atomic E-state index is 1.09. The highest BCUT2D eigenvalue weighted by molar-refractivity contribution is 5.87. The Kier molecular flexibility index (Phi) is 4.14. The molecule has 2 aliphatic rings. The lowest BCUT2D eigenvalue weighted by Crippen LogP contribution is -1.99. The van der Waals surface area contributed by atoms with E-state index in [0.717, 1.165) is 12.8 Å². The second kappa shape index (κ2) is 6.43. The molecule has 122 valence electrons. The van der Waals surface area contributed by atoms with E-state index >= 15 is 0 Å². The van der Waals surface area contributed by atoms with Gasteiger partial charge in [0.2, 0.25) is 0 Å². The molecule has 0 heteroatoms. The van der Waals surface area contributed by atoms with Crippen LogP contribution in [0.15, 0.2) is 48.6 Å². The summed E-state index contributed by atoms with van der Waals surface area (Å²) in [5, 5.41) is 0. The molecule has 0 saturated carbocycles. The highest BCUT2D eigenvalue weighted by atomic mass is 14.3. The van der Waals surface area contributed by atoms with Gasteiger partial charge in [0, 0.05) is 0 Å². The standard InChI is InChI=1S/C24H26/c1-3-8-17-12-7-13-20-16-22-21(24(17)20)15-14-18(9-4-2)23(22)19-10-5-6-11-19/h5-7,10,12-15H,3-4,8-9,11,16H2,1-2H3. The van der Waals surface area contributed by atoms with E-state index in [1.807, 2.05) is 0 Å². The summed E-state index contributed by atoms with van der Waals surface area (Å²) >= 11 is 0. The molecule has 0 amide bonds. The monoisotopic (exact) mass is 314 g/mol. The molecule has 0 aliphatic heterocycles. The van der Waals surface area contributed by atoms with E-state index in [2.05, 4.69) is 62.4 Å². The van der Waals surface area contributed by atoms with Crippen molar-refractivity contribution in [1.82, 2.24) is 0 Å². The van der Waals surface area contributed by atoms with E-state index in [1.54, 1.807) is 11.1 Å². The molecule has 2 aromatic rings. The van der Waals surface area contributed by atoms with Crippen LogP contribution in [0.5, 0.6) is 0 Å². The fourth-order valence-electron chi connectivity index (χ4n) is 4.44. The van der Waals surface area contributed by atoms with Gasteiger partial charge in [0.25, 0.3) is 0 Å². The van der Waals surface area contributed by atoms with Crippen molar-refractivity contribution in [3.8, 4) is 11.1 Å². The van der Waals surface area contributed by atoms with Crippen LogP contribution in [-0.2, 0) is 19.3 Å². The largest absolute Gasteiger partial charge is 0.0801 e. The molecule has 0 radical (unpaired) electrons. The first-order valence-electron chi connectivity index (χ1n) is 9.45. The van der Waals surface area contributed by atoms with E-state index in [4.69, 9.17) is 0 Å². The van der Waals surface area contributed by atoms with E-state index < -0.39 is 0 Å². The Morgan fingerprint density at radius 1 is 0.875 bits per heavy atom. The van der Waals surface area contributed by atoms with Gasteiger partial charge < -0.3 is 0 Å². The lowest BCUT2D eigenvalue weighted by atomic mass is 9.88. The van der Waals surface area contributed by atoms with Gasteiger partial charge in [0.15, 0.2) is 0 Å². The molecule has 0 heterocycles. The number of hydrogen-bond donors (Lipinski definition) is 0. The fraction of sp³-hybridized carbons (Fsp3) is 0.333. The van der Waals surface area contributed by atoms with Crippen molar-refractivity contribution in [3.05, 3.63) is 76.4 Å². The van der Waals surface area contributed by atoms with Crippen molar-refractivity contribution in [2.75, 3.05) is 0 Å². The highest BCUT2D eigenvalue weighted by Gasteiger charge is 2.26. The Labute approximate surface area is 145 Å². The zero-order chi connectivity index (χ0) is 16.5. The van der Waals surface area contributed by atoms with E-state index in [1.165, 1.54) is 59.1 Å². The first-order chi connectivity index (χ1) is 11.8. The highest BCUT2D eigenvalue weighted by Crippen LogP contribution is 2.44. The normalized spacial score (nSPS) is 14.7. The predicted octanol–water partition coefficient (Wildman–Crippen LogP) is 6.51. The molecule has 0 atom stereocenters. The van der Waals surface area contributed by atoms with Gasteiger partial charge in [-0.15, -0.1) is 0 Å². The molecule has 2 aromatic carbocycles. The molecule has 0 fully saturated rings. The minimum atomic E-state index is 1.09. The second-order valence-corrected chi connectivity index (χ2v) is 7.08. The summed E-state index contributed by atoms with van der Waals surface area (Å²) in [7, 11) is 0. The maximum Gasteiger partial charge on any atom is -0.000719 e. The molecule has 2 aliphatic carbocycles. The van der Waals surface area contributed by atoms with Crippen LogP contribution >= 0.6 is 0 Å². The van der Waals surface area contributed by atoms with Crippen LogP contribution < -0.4 is 0 Å². The molecule has 0 unspecified atom stereocenters. The Balaban J connectivity index is 1.90. The average Bonchev–Trinajstić information content (AvgIpc) is 3.23. The average molecular weight is 314 g/mol. The Morgan fingerprint density at radius 2 is 1.67 bits per heavy atom. The lowest BCUT2D eigenvalue weighted by molar-refractivity contribution is 0.914. The third kappa shape index (κ3) is 2.45. The van der Waals surface area contributed by atoms with Crippen LogP contribution in [0.2, 0.25) is 0 Å². The summed E-state index contributed by atoms with van der Waals surface area (Å²) in [5.41, 5.74) is 12.3. The molecule has 0 N–H and O–H groups in total. The van der Waals surface area contributed by atoms with Gasteiger partial charge in [-0.25, -0.2) is 0 Å². The number of rotatable bonds is 5. The van der Waals surface area contributed by atoms with Crippen LogP contribution in [0.4, 0.5) is 0 Å². The van der Waals surface area contributed by atoms with Gasteiger partial charge in [0.05, 0.1) is 0 Å². The zero-order valence-corrected chi connectivity index (χ0v) is 14.9. The van der Waals surface area contributed by atoms with Crippen molar-refractivity contribution >= 4 is 5.57 Å². The maximum absolute atomic E-state index is 2.40. The summed E-state index contributed by atoms with van der Waals surface area (Å²) < 4.78 is 0. The SMILES string of the molecule is CCCc1ccc2c(c1C1=CC=CC1)Cc1cccc(CCC)c1-2. The molecule has 0 aromatic heterocycles. The number of benzene rings is 2. The van der Waals surface area contributed by atoms with Crippen molar-refractivity contribution in [1.29, 1.82) is 0 Å². The second-order valence-electron chi connectivity index (χ2n) is 7.08. The Bertz CT molecular complexity index is 833. The first kappa shape index (κ1) is 15.4. The molecule has 4 rings (SSSR count). The van der Waals surface area contributed by atoms with Gasteiger partial charge in [-0.1, -0.05) is 75.2 Å². The van der Waals surface area contributed by atoms with Gasteiger partial charge in [0.1, 0.15) is 0 Å². The Morgan fingerprint density at radius 3 is 2.38 bits per heavy atom. The van der Waals surface area contributed by atoms with Crippen LogP contribution in [0.1, 0.15) is 60.9 Å². The summed E-state index contributed by atoms with van der Waals surface area (Å²) in [6.07, 6.45) is 13.8. The molecule has 0 saturated heterocycles. The number of hydrogen-bond acceptors (Lipinski definition) is 0. The summed E-state index contributed by atoms with van der Waals surface area (Å²) in [6.45, 7) is 4.56. The molecular weight excluding hydrogens is 288 g/mol. The smallest absolute Gasteiger partial charge is 0.000719 e. The van der Waals surface area contributed by atoms with Crippen molar-refractivity contribution in [2.45, 2.75) is 52.4 Å². The lowest BCUT2D eigenvalue weighted by Gasteiger charge is -2.16. The van der Waals surface area contributed by atoms with E-state index in [9.17, 15) is 0 Å². The fourth-order valence-corrected chi connectivity index (χ4v) is 4.44. The number of fused-ring (bicyclic) bond motifs is 3. The maximum atomic E-state index is 2.40. The van der Waals surface area contributed by atoms with Crippen LogP contribution in [0.25, 0.3) is 16.7 Å². The molecule has 0 nitrogen and oxygen atoms in total. The predicted molar refractivity (Wildman–Crippen MR) is 104 cm³/mol. The van der Waals surface area contributed by atoms with Gasteiger partial charge in [-0.2, -0.15) is 0 Å². The number of aryl methyl sites for hydroxylation is 2.